The summed E-state index contributed by atoms with van der Waals surface area (Å²) in [6.45, 7) is 1.37. The molecule has 0 atom stereocenters. The van der Waals surface area contributed by atoms with E-state index in [2.05, 4.69) is 9.98 Å². The average Bonchev–Trinajstić information content (AvgIpc) is 3.43. The number of hydrogen-bond donors (Lipinski definition) is 4. The van der Waals surface area contributed by atoms with Crippen molar-refractivity contribution in [2.45, 2.75) is 0 Å². The van der Waals surface area contributed by atoms with Crippen LogP contribution in [0.1, 0.15) is 16.7 Å². The number of nitrogens with two attached hydrogens (primary N) is 2. The normalized spacial score (nSPS) is 12.7. The fourth-order valence-corrected chi connectivity index (χ4v) is 4.21. The highest BCUT2D eigenvalue weighted by atomic mass is 19.1. The topological polar surface area (TPSA) is 169 Å². The number of carbonyl (C=O) groups is 1. The SMILES string of the molecule is CN1CCN=C1c1cccc(Oc2nc(Oc3cc(C(=N)N)ccc3O)c(F)c(Oc3cccc(C=CC(N)=O)c3)c2F)c1. The van der Waals surface area contributed by atoms with Crippen molar-refractivity contribution >= 4 is 23.7 Å². The van der Waals surface area contributed by atoms with Gasteiger partial charge in [0.15, 0.2) is 11.5 Å². The van der Waals surface area contributed by atoms with Crippen molar-refractivity contribution in [2.24, 2.45) is 16.5 Å². The second-order valence-electron chi connectivity index (χ2n) is 9.54. The number of aromatic hydroxyl groups is 1. The van der Waals surface area contributed by atoms with Crippen LogP contribution in [0.3, 0.4) is 0 Å². The predicted molar refractivity (Wildman–Crippen MR) is 159 cm³/mol. The van der Waals surface area contributed by atoms with Gasteiger partial charge < -0.3 is 35.7 Å². The first-order valence-corrected chi connectivity index (χ1v) is 13.1. The zero-order chi connectivity index (χ0) is 31.4. The molecule has 1 aliphatic rings. The van der Waals surface area contributed by atoms with Gasteiger partial charge in [-0.25, -0.2) is 0 Å². The number of pyridine rings is 1. The number of phenols is 1. The molecule has 4 aromatic rings. The Kier molecular flexibility index (Phi) is 8.37. The van der Waals surface area contributed by atoms with Crippen LogP contribution in [0.5, 0.6) is 40.5 Å². The number of primary amides is 1. The summed E-state index contributed by atoms with van der Waals surface area (Å²) in [6.07, 6.45) is 2.52. The number of amides is 1. The van der Waals surface area contributed by atoms with E-state index < -0.39 is 40.8 Å². The fourth-order valence-electron chi connectivity index (χ4n) is 4.21. The average molecular weight is 601 g/mol. The summed E-state index contributed by atoms with van der Waals surface area (Å²) in [5, 5.41) is 18.0. The molecule has 0 radical (unpaired) electrons. The molecule has 1 aliphatic heterocycles. The highest BCUT2D eigenvalue weighted by Crippen LogP contribution is 2.41. The molecule has 0 aliphatic carbocycles. The Balaban J connectivity index is 1.57. The van der Waals surface area contributed by atoms with E-state index in [4.69, 9.17) is 31.1 Å². The molecule has 0 saturated heterocycles. The lowest BCUT2D eigenvalue weighted by molar-refractivity contribution is -0.113. The van der Waals surface area contributed by atoms with E-state index in [9.17, 15) is 9.90 Å². The molecule has 44 heavy (non-hydrogen) atoms. The number of nitrogens with one attached hydrogen (secondary N) is 1. The lowest BCUT2D eigenvalue weighted by atomic mass is 10.2. The molecule has 1 amide bonds. The number of hydrogen-bond acceptors (Lipinski definition) is 9. The number of nitrogen functional groups attached to an aromatic ring is 1. The summed E-state index contributed by atoms with van der Waals surface area (Å²) >= 11 is 0. The van der Waals surface area contributed by atoms with E-state index in [-0.39, 0.29) is 28.6 Å². The van der Waals surface area contributed by atoms with E-state index in [1.807, 2.05) is 18.0 Å². The number of halogens is 2. The fraction of sp³-hybridized carbons (Fsp3) is 0.0968. The molecule has 0 fully saturated rings. The first-order chi connectivity index (χ1) is 21.1. The number of aliphatic imine (C=N–C) groups is 1. The maximum absolute atomic E-state index is 15.9. The Morgan fingerprint density at radius 2 is 1.68 bits per heavy atom. The third-order valence-electron chi connectivity index (χ3n) is 6.34. The van der Waals surface area contributed by atoms with E-state index in [0.29, 0.717) is 17.7 Å². The highest BCUT2D eigenvalue weighted by molar-refractivity contribution is 6.00. The molecule has 1 aromatic heterocycles. The Morgan fingerprint density at radius 1 is 0.977 bits per heavy atom. The molecule has 0 spiro atoms. The lowest BCUT2D eigenvalue weighted by Crippen LogP contribution is -2.23. The summed E-state index contributed by atoms with van der Waals surface area (Å²) in [5.74, 6) is -5.90. The number of amidine groups is 2. The zero-order valence-corrected chi connectivity index (χ0v) is 23.3. The number of nitrogens with zero attached hydrogens (tertiary/aromatic N) is 3. The van der Waals surface area contributed by atoms with Crippen LogP contribution >= 0.6 is 0 Å². The van der Waals surface area contributed by atoms with E-state index in [1.54, 1.807) is 30.3 Å². The van der Waals surface area contributed by atoms with Gasteiger partial charge in [-0.2, -0.15) is 13.8 Å². The molecule has 6 N–H and O–H groups in total. The van der Waals surface area contributed by atoms with Gasteiger partial charge >= 0.3 is 0 Å². The van der Waals surface area contributed by atoms with Crippen molar-refractivity contribution in [3.63, 3.8) is 0 Å². The van der Waals surface area contributed by atoms with Gasteiger partial charge in [0.25, 0.3) is 11.8 Å². The molecular formula is C31H26F2N6O5. The molecule has 5 rings (SSSR count). The standard InChI is InChI=1S/C31H26F2N6O5/c1-39-13-12-37-29(39)19-5-3-7-21(15-19)43-30-25(32)27(42-20-6-2-4-17(14-20)8-11-24(34)41)26(33)31(38-30)44-23-16-18(28(35)36)9-10-22(23)40/h2-11,14-16,40H,12-13H2,1H3,(H2,34,41)(H3,35,36). The van der Waals surface area contributed by atoms with Crippen LogP contribution < -0.4 is 25.7 Å². The minimum atomic E-state index is -1.35. The van der Waals surface area contributed by atoms with Crippen molar-refractivity contribution < 1.29 is 32.9 Å². The van der Waals surface area contributed by atoms with Gasteiger partial charge in [0.05, 0.1) is 6.54 Å². The molecule has 224 valence electrons. The number of aromatic nitrogens is 1. The van der Waals surface area contributed by atoms with Crippen molar-refractivity contribution in [1.82, 2.24) is 9.88 Å². The van der Waals surface area contributed by atoms with Crippen LogP contribution in [0, 0.1) is 17.0 Å². The minimum absolute atomic E-state index is 0.00299. The number of carbonyl (C=O) groups excluding carboxylic acids is 1. The van der Waals surface area contributed by atoms with Gasteiger partial charge in [0.2, 0.25) is 23.3 Å². The van der Waals surface area contributed by atoms with Gasteiger partial charge in [-0.05, 0) is 54.1 Å². The minimum Gasteiger partial charge on any atom is -0.504 e. The summed E-state index contributed by atoms with van der Waals surface area (Å²) in [5.41, 5.74) is 12.0. The summed E-state index contributed by atoms with van der Waals surface area (Å²) < 4.78 is 48.6. The van der Waals surface area contributed by atoms with E-state index in [1.165, 1.54) is 36.4 Å². The van der Waals surface area contributed by atoms with Crippen LogP contribution in [0.2, 0.25) is 0 Å². The Hall–Kier alpha value is -5.98. The molecule has 11 nitrogen and oxygen atoms in total. The summed E-state index contributed by atoms with van der Waals surface area (Å²) in [7, 11) is 1.89. The summed E-state index contributed by atoms with van der Waals surface area (Å²) in [6, 6.07) is 16.5. The zero-order valence-electron chi connectivity index (χ0n) is 23.3. The highest BCUT2D eigenvalue weighted by Gasteiger charge is 2.27. The molecule has 0 bridgehead atoms. The van der Waals surface area contributed by atoms with Gasteiger partial charge in [-0.15, -0.1) is 0 Å². The maximum atomic E-state index is 15.9. The van der Waals surface area contributed by atoms with Crippen LogP contribution in [0.15, 0.2) is 77.8 Å². The van der Waals surface area contributed by atoms with Crippen LogP contribution in [0.25, 0.3) is 6.08 Å². The van der Waals surface area contributed by atoms with Crippen molar-refractivity contribution in [3.05, 3.63) is 101 Å². The third kappa shape index (κ3) is 6.57. The molecule has 2 heterocycles. The second-order valence-corrected chi connectivity index (χ2v) is 9.54. The molecule has 0 saturated carbocycles. The number of likely N-dealkylation sites (N-methyl/N-ethyl adjacent to an activating group) is 1. The molecular weight excluding hydrogens is 574 g/mol. The maximum Gasteiger partial charge on any atom is 0.263 e. The van der Waals surface area contributed by atoms with Gasteiger partial charge in [0, 0.05) is 30.8 Å². The van der Waals surface area contributed by atoms with Crippen molar-refractivity contribution in [2.75, 3.05) is 20.1 Å². The number of ether oxygens (including phenoxy) is 3. The van der Waals surface area contributed by atoms with Crippen molar-refractivity contribution in [1.29, 1.82) is 5.41 Å². The predicted octanol–water partition coefficient (Wildman–Crippen LogP) is 4.92. The van der Waals surface area contributed by atoms with Crippen LogP contribution in [0.4, 0.5) is 8.78 Å². The Morgan fingerprint density at radius 3 is 2.36 bits per heavy atom. The molecule has 0 unspecified atom stereocenters. The summed E-state index contributed by atoms with van der Waals surface area (Å²) in [4.78, 5) is 21.5. The first-order valence-electron chi connectivity index (χ1n) is 13.1. The van der Waals surface area contributed by atoms with Gasteiger partial charge in [-0.1, -0.05) is 24.3 Å². The van der Waals surface area contributed by atoms with Crippen LogP contribution in [-0.4, -0.2) is 52.7 Å². The second kappa shape index (κ2) is 12.5. The van der Waals surface area contributed by atoms with Crippen LogP contribution in [-0.2, 0) is 4.79 Å². The molecule has 13 heteroatoms. The first kappa shape index (κ1) is 29.5. The quantitative estimate of drug-likeness (QED) is 0.113. The number of rotatable bonds is 10. The smallest absolute Gasteiger partial charge is 0.263 e. The van der Waals surface area contributed by atoms with Gasteiger partial charge in [0.1, 0.15) is 23.2 Å². The van der Waals surface area contributed by atoms with Gasteiger partial charge in [-0.3, -0.25) is 15.2 Å². The number of benzene rings is 3. The largest absolute Gasteiger partial charge is 0.504 e. The Labute approximate surface area is 250 Å². The number of phenolic OH excluding ortho intramolecular Hbond substituents is 1. The van der Waals surface area contributed by atoms with E-state index >= 15 is 8.78 Å². The van der Waals surface area contributed by atoms with E-state index in [0.717, 1.165) is 18.5 Å². The molecule has 3 aromatic carbocycles. The third-order valence-corrected chi connectivity index (χ3v) is 6.34. The monoisotopic (exact) mass is 600 g/mol. The Bertz CT molecular complexity index is 1830. The van der Waals surface area contributed by atoms with Crippen molar-refractivity contribution in [3.8, 4) is 40.5 Å². The lowest BCUT2D eigenvalue weighted by Gasteiger charge is -2.16.